The molecule has 4 atom stereocenters. The molecule has 2 aromatic rings. The molecule has 5 nitrogen and oxygen atoms in total. The van der Waals surface area contributed by atoms with Crippen molar-refractivity contribution >= 4 is 44.6 Å². The van der Waals surface area contributed by atoms with E-state index in [2.05, 4.69) is 0 Å². The summed E-state index contributed by atoms with van der Waals surface area (Å²) < 4.78 is 1.13. The number of unbranched alkanes of at least 4 members (excludes halogenated alkanes) is 1. The van der Waals surface area contributed by atoms with Crippen LogP contribution in [0, 0.1) is 17.3 Å². The Morgan fingerprint density at radius 1 is 1.26 bits per heavy atom. The molecule has 3 N–H and O–H groups in total. The first kappa shape index (κ1) is 27.8. The molecule has 35 heavy (non-hydrogen) atoms. The van der Waals surface area contributed by atoms with Crippen LogP contribution in [0.1, 0.15) is 50.8 Å². The molecule has 0 aliphatic heterocycles. The normalized spacial score (nSPS) is 23.1. The number of aliphatic hydroxyl groups is 3. The van der Waals surface area contributed by atoms with Crippen LogP contribution in [0.4, 0.5) is 0 Å². The number of rotatable bonds is 12. The van der Waals surface area contributed by atoms with Crippen molar-refractivity contribution in [3.05, 3.63) is 58.5 Å². The van der Waals surface area contributed by atoms with Crippen molar-refractivity contribution in [2.24, 2.45) is 17.3 Å². The molecule has 0 bridgehead atoms. The molecule has 0 radical (unpaired) electrons. The summed E-state index contributed by atoms with van der Waals surface area (Å²) in [6, 6.07) is 7.98. The summed E-state index contributed by atoms with van der Waals surface area (Å²) in [7, 11) is 0. The van der Waals surface area contributed by atoms with Crippen molar-refractivity contribution < 1.29 is 24.9 Å². The molecule has 0 amide bonds. The van der Waals surface area contributed by atoms with Crippen LogP contribution in [0.25, 0.3) is 10.1 Å². The average molecular weight is 519 g/mol. The number of fused-ring (bicyclic) bond motifs is 1. The number of thiophene rings is 1. The Morgan fingerprint density at radius 2 is 2.00 bits per heavy atom. The van der Waals surface area contributed by atoms with Crippen LogP contribution in [0.15, 0.2) is 48.6 Å². The van der Waals surface area contributed by atoms with Crippen LogP contribution in [0.2, 0.25) is 5.02 Å². The van der Waals surface area contributed by atoms with Crippen molar-refractivity contribution in [2.45, 2.75) is 64.6 Å². The molecular formula is C28H35ClO5S. The number of aliphatic hydroxyl groups excluding tert-OH is 3. The first-order valence-corrected chi connectivity index (χ1v) is 13.4. The highest BCUT2D eigenvalue weighted by molar-refractivity contribution is 7.19. The van der Waals surface area contributed by atoms with E-state index in [1.54, 1.807) is 37.3 Å². The minimum absolute atomic E-state index is 0.0197. The van der Waals surface area contributed by atoms with E-state index < -0.39 is 24.2 Å². The molecule has 1 saturated carbocycles. The van der Waals surface area contributed by atoms with E-state index in [1.165, 1.54) is 0 Å². The van der Waals surface area contributed by atoms with Crippen LogP contribution in [0.5, 0.6) is 0 Å². The summed E-state index contributed by atoms with van der Waals surface area (Å²) in [5, 5.41) is 32.0. The third-order valence-electron chi connectivity index (χ3n) is 6.92. The lowest BCUT2D eigenvalue weighted by Gasteiger charge is -2.22. The maximum absolute atomic E-state index is 13.0. The second-order valence-corrected chi connectivity index (χ2v) is 11.4. The third-order valence-corrected chi connectivity index (χ3v) is 8.70. The molecular weight excluding hydrogens is 484 g/mol. The number of benzene rings is 1. The van der Waals surface area contributed by atoms with Gasteiger partial charge in [0.1, 0.15) is 12.4 Å². The molecule has 7 heteroatoms. The molecule has 1 aromatic carbocycles. The van der Waals surface area contributed by atoms with Crippen molar-refractivity contribution in [1.82, 2.24) is 0 Å². The van der Waals surface area contributed by atoms with E-state index in [1.807, 2.05) is 36.4 Å². The average Bonchev–Trinajstić information content (AvgIpc) is 3.25. The topological polar surface area (TPSA) is 94.8 Å². The molecule has 1 aromatic heterocycles. The number of aryl methyl sites for hydroxylation is 1. The molecule has 190 valence electrons. The molecule has 1 fully saturated rings. The summed E-state index contributed by atoms with van der Waals surface area (Å²) in [5.41, 5.74) is -0.851. The van der Waals surface area contributed by atoms with Gasteiger partial charge in [-0.3, -0.25) is 9.59 Å². The zero-order valence-corrected chi connectivity index (χ0v) is 21.9. The van der Waals surface area contributed by atoms with Crippen molar-refractivity contribution in [1.29, 1.82) is 0 Å². The van der Waals surface area contributed by atoms with Crippen LogP contribution in [-0.4, -0.2) is 45.7 Å². The number of ketones is 2. The number of hydrogen-bond acceptors (Lipinski definition) is 6. The highest BCUT2D eigenvalue weighted by atomic mass is 35.5. The molecule has 1 aliphatic rings. The van der Waals surface area contributed by atoms with Crippen LogP contribution >= 0.6 is 22.9 Å². The number of halogens is 1. The maximum Gasteiger partial charge on any atom is 0.158 e. The number of Topliss-reactive ketones (excluding diaryl/α,β-unsaturated/α-hetero) is 2. The van der Waals surface area contributed by atoms with E-state index in [0.29, 0.717) is 38.5 Å². The highest BCUT2D eigenvalue weighted by Crippen LogP contribution is 2.45. The fraction of sp³-hybridized carbons (Fsp3) is 0.500. The van der Waals surface area contributed by atoms with Crippen molar-refractivity contribution in [3.63, 3.8) is 0 Å². The standard InChI is InChI=1S/C28H35ClO5S/c1-28(2)26(33)20(10-6-4-3-5-9-19(32)17-30)21(27(28)34)15-13-18(31)14-16-24-25(29)22-11-7-8-12-23(22)35-24/h4,6-8,11-13,15,18,20-21,27,30-31,34H,3,5,9-10,14,16-17H2,1-2H3/t18?,20-,21-,27+/m1/s1. The smallest absolute Gasteiger partial charge is 0.158 e. The number of carbonyl (C=O) groups is 2. The van der Waals surface area contributed by atoms with E-state index in [0.717, 1.165) is 20.0 Å². The Kier molecular flexibility index (Phi) is 9.85. The van der Waals surface area contributed by atoms with Crippen LogP contribution in [-0.2, 0) is 16.0 Å². The van der Waals surface area contributed by atoms with Gasteiger partial charge >= 0.3 is 0 Å². The van der Waals surface area contributed by atoms with Gasteiger partial charge in [0.25, 0.3) is 0 Å². The van der Waals surface area contributed by atoms with E-state index >= 15 is 0 Å². The monoisotopic (exact) mass is 518 g/mol. The molecule has 1 aliphatic carbocycles. The second-order valence-electron chi connectivity index (χ2n) is 9.84. The Morgan fingerprint density at radius 3 is 2.71 bits per heavy atom. The highest BCUT2D eigenvalue weighted by Gasteiger charge is 2.52. The van der Waals surface area contributed by atoms with Crippen molar-refractivity contribution in [2.75, 3.05) is 6.61 Å². The van der Waals surface area contributed by atoms with E-state index in [-0.39, 0.29) is 23.4 Å². The Labute approximate surface area is 216 Å². The predicted molar refractivity (Wildman–Crippen MR) is 142 cm³/mol. The van der Waals surface area contributed by atoms with Gasteiger partial charge in [0.15, 0.2) is 5.78 Å². The molecule has 3 rings (SSSR count). The lowest BCUT2D eigenvalue weighted by atomic mass is 9.86. The fourth-order valence-electron chi connectivity index (χ4n) is 4.72. The quantitative estimate of drug-likeness (QED) is 0.262. The summed E-state index contributed by atoms with van der Waals surface area (Å²) in [5.74, 6) is -0.893. The summed E-state index contributed by atoms with van der Waals surface area (Å²) >= 11 is 8.15. The van der Waals surface area contributed by atoms with Gasteiger partial charge in [0, 0.05) is 33.2 Å². The van der Waals surface area contributed by atoms with Crippen LogP contribution < -0.4 is 0 Å². The summed E-state index contributed by atoms with van der Waals surface area (Å²) in [6.45, 7) is 3.11. The zero-order valence-electron chi connectivity index (χ0n) is 20.3. The lowest BCUT2D eigenvalue weighted by Crippen LogP contribution is -2.31. The third kappa shape index (κ3) is 6.69. The SMILES string of the molecule is CC1(C)C(=O)[C@H](CC=CCCCC(=O)CO)[C@@H](C=CC(O)CCc2sc3ccccc3c2Cl)[C@@H]1O. The lowest BCUT2D eigenvalue weighted by molar-refractivity contribution is -0.129. The van der Waals surface area contributed by atoms with Gasteiger partial charge in [-0.2, -0.15) is 0 Å². The predicted octanol–water partition coefficient (Wildman–Crippen LogP) is 5.28. The first-order chi connectivity index (χ1) is 16.7. The van der Waals surface area contributed by atoms with E-state index in [9.17, 15) is 19.8 Å². The fourth-order valence-corrected chi connectivity index (χ4v) is 6.26. The summed E-state index contributed by atoms with van der Waals surface area (Å²) in [6.07, 6.45) is 9.17. The van der Waals surface area contributed by atoms with Gasteiger partial charge in [0.05, 0.1) is 22.6 Å². The largest absolute Gasteiger partial charge is 0.391 e. The zero-order chi connectivity index (χ0) is 25.6. The Hall–Kier alpha value is -1.83. The molecule has 0 spiro atoms. The van der Waals surface area contributed by atoms with Crippen LogP contribution in [0.3, 0.4) is 0 Å². The van der Waals surface area contributed by atoms with E-state index in [4.69, 9.17) is 16.7 Å². The Bertz CT molecular complexity index is 1090. The second kappa shape index (κ2) is 12.4. The van der Waals surface area contributed by atoms with Gasteiger partial charge in [0.2, 0.25) is 0 Å². The van der Waals surface area contributed by atoms with Gasteiger partial charge in [-0.15, -0.1) is 11.3 Å². The van der Waals surface area contributed by atoms with Gasteiger partial charge < -0.3 is 15.3 Å². The minimum Gasteiger partial charge on any atom is -0.391 e. The minimum atomic E-state index is -0.851. The molecule has 1 unspecified atom stereocenters. The van der Waals surface area contributed by atoms with Gasteiger partial charge in [-0.1, -0.05) is 68.0 Å². The Balaban J connectivity index is 1.59. The number of hydrogen-bond donors (Lipinski definition) is 3. The molecule has 0 saturated heterocycles. The number of allylic oxidation sites excluding steroid dienone is 2. The van der Waals surface area contributed by atoms with Crippen molar-refractivity contribution in [3.8, 4) is 0 Å². The summed E-state index contributed by atoms with van der Waals surface area (Å²) in [4.78, 5) is 25.2. The first-order valence-electron chi connectivity index (χ1n) is 12.2. The maximum atomic E-state index is 13.0. The van der Waals surface area contributed by atoms with Gasteiger partial charge in [-0.05, 0) is 38.2 Å². The van der Waals surface area contributed by atoms with Gasteiger partial charge in [-0.25, -0.2) is 0 Å². The molecule has 1 heterocycles. The number of carbonyl (C=O) groups excluding carboxylic acids is 2.